The lowest BCUT2D eigenvalue weighted by atomic mass is 10.1. The summed E-state index contributed by atoms with van der Waals surface area (Å²) in [6, 6.07) is 5.63. The van der Waals surface area contributed by atoms with Crippen LogP contribution in [0.25, 0.3) is 0 Å². The Balaban J connectivity index is 2.36. The Bertz CT molecular complexity index is 667. The lowest BCUT2D eigenvalue weighted by Crippen LogP contribution is -2.22. The molecule has 0 aliphatic rings. The Kier molecular flexibility index (Phi) is 5.19. The molecule has 0 radical (unpaired) electrons. The summed E-state index contributed by atoms with van der Waals surface area (Å²) in [7, 11) is 3.95. The van der Waals surface area contributed by atoms with E-state index in [2.05, 4.69) is 21.0 Å². The molecule has 2 aromatic rings. The van der Waals surface area contributed by atoms with Crippen molar-refractivity contribution in [3.05, 3.63) is 50.7 Å². The summed E-state index contributed by atoms with van der Waals surface area (Å²) in [5, 5.41) is 4.58. The van der Waals surface area contributed by atoms with Crippen molar-refractivity contribution in [3.8, 4) is 0 Å². The standard InChI is InChI=1S/C15H17BrClN3O/c1-10-4-5-11(12(16)8-10)15(21)14-13(17)9-18-20(14)7-6-19(2)3/h4-5,8-9H,6-7H2,1-3H3. The maximum atomic E-state index is 12.7. The van der Waals surface area contributed by atoms with Crippen LogP contribution in [0.15, 0.2) is 28.9 Å². The van der Waals surface area contributed by atoms with Gasteiger partial charge in [0.1, 0.15) is 5.69 Å². The summed E-state index contributed by atoms with van der Waals surface area (Å²) in [5.41, 5.74) is 2.11. The zero-order valence-electron chi connectivity index (χ0n) is 12.2. The van der Waals surface area contributed by atoms with Gasteiger partial charge in [-0.15, -0.1) is 0 Å². The molecule has 4 nitrogen and oxygen atoms in total. The molecular formula is C15H17BrClN3O. The molecule has 112 valence electrons. The van der Waals surface area contributed by atoms with Crippen LogP contribution < -0.4 is 0 Å². The number of halogens is 2. The van der Waals surface area contributed by atoms with Gasteiger partial charge in [-0.2, -0.15) is 5.10 Å². The third kappa shape index (κ3) is 3.73. The van der Waals surface area contributed by atoms with Crippen molar-refractivity contribution in [2.24, 2.45) is 0 Å². The van der Waals surface area contributed by atoms with Gasteiger partial charge in [0.2, 0.25) is 5.78 Å². The summed E-state index contributed by atoms with van der Waals surface area (Å²) in [6.45, 7) is 3.38. The second kappa shape index (κ2) is 6.73. The Labute approximate surface area is 137 Å². The zero-order chi connectivity index (χ0) is 15.6. The second-order valence-corrected chi connectivity index (χ2v) is 6.44. The lowest BCUT2D eigenvalue weighted by molar-refractivity contribution is 0.102. The Morgan fingerprint density at radius 3 is 2.76 bits per heavy atom. The fourth-order valence-corrected chi connectivity index (χ4v) is 2.88. The highest BCUT2D eigenvalue weighted by Crippen LogP contribution is 2.25. The molecule has 0 fully saturated rings. The molecule has 1 aromatic heterocycles. The molecule has 1 heterocycles. The number of benzene rings is 1. The number of aryl methyl sites for hydroxylation is 1. The van der Waals surface area contributed by atoms with Crippen LogP contribution in [0.3, 0.4) is 0 Å². The normalized spacial score (nSPS) is 11.1. The first-order valence-corrected chi connectivity index (χ1v) is 7.74. The van der Waals surface area contributed by atoms with Gasteiger partial charge in [0, 0.05) is 16.6 Å². The van der Waals surface area contributed by atoms with E-state index in [4.69, 9.17) is 11.6 Å². The van der Waals surface area contributed by atoms with Crippen LogP contribution in [0.1, 0.15) is 21.6 Å². The van der Waals surface area contributed by atoms with Crippen molar-refractivity contribution >= 4 is 33.3 Å². The van der Waals surface area contributed by atoms with E-state index in [0.29, 0.717) is 22.8 Å². The molecule has 0 amide bonds. The predicted molar refractivity (Wildman–Crippen MR) is 88.1 cm³/mol. The Morgan fingerprint density at radius 2 is 2.14 bits per heavy atom. The molecule has 0 aliphatic carbocycles. The number of carbonyl (C=O) groups excluding carboxylic acids is 1. The molecular weight excluding hydrogens is 354 g/mol. The van der Waals surface area contributed by atoms with Gasteiger partial charge in [-0.05, 0) is 38.7 Å². The first kappa shape index (κ1) is 16.2. The van der Waals surface area contributed by atoms with E-state index in [1.807, 2.05) is 38.1 Å². The average Bonchev–Trinajstić information content (AvgIpc) is 2.77. The molecule has 0 saturated carbocycles. The third-order valence-corrected chi connectivity index (χ3v) is 4.07. The van der Waals surface area contributed by atoms with Crippen molar-refractivity contribution in [3.63, 3.8) is 0 Å². The molecule has 0 bridgehead atoms. The van der Waals surface area contributed by atoms with Crippen LogP contribution in [0, 0.1) is 6.92 Å². The summed E-state index contributed by atoms with van der Waals surface area (Å²) in [6.07, 6.45) is 1.52. The minimum absolute atomic E-state index is 0.122. The van der Waals surface area contributed by atoms with Gasteiger partial charge >= 0.3 is 0 Å². The molecule has 0 N–H and O–H groups in total. The first-order chi connectivity index (χ1) is 9.90. The molecule has 0 aliphatic heterocycles. The zero-order valence-corrected chi connectivity index (χ0v) is 14.6. The number of likely N-dealkylation sites (N-methyl/N-ethyl adjacent to an activating group) is 1. The van der Waals surface area contributed by atoms with Crippen molar-refractivity contribution < 1.29 is 4.79 Å². The maximum Gasteiger partial charge on any atom is 0.213 e. The third-order valence-electron chi connectivity index (χ3n) is 3.14. The number of hydrogen-bond acceptors (Lipinski definition) is 3. The largest absolute Gasteiger partial charge is 0.308 e. The van der Waals surface area contributed by atoms with Crippen LogP contribution in [0.5, 0.6) is 0 Å². The molecule has 0 atom stereocenters. The second-order valence-electron chi connectivity index (χ2n) is 5.18. The molecule has 21 heavy (non-hydrogen) atoms. The predicted octanol–water partition coefficient (Wildman–Crippen LogP) is 3.40. The number of hydrogen-bond donors (Lipinski definition) is 0. The smallest absolute Gasteiger partial charge is 0.213 e. The first-order valence-electron chi connectivity index (χ1n) is 6.57. The Morgan fingerprint density at radius 1 is 1.43 bits per heavy atom. The highest BCUT2D eigenvalue weighted by atomic mass is 79.9. The van der Waals surface area contributed by atoms with Crippen LogP contribution in [0.2, 0.25) is 5.02 Å². The number of carbonyl (C=O) groups is 1. The molecule has 0 spiro atoms. The van der Waals surface area contributed by atoms with Gasteiger partial charge in [0.25, 0.3) is 0 Å². The van der Waals surface area contributed by atoms with Gasteiger partial charge in [0.15, 0.2) is 0 Å². The maximum absolute atomic E-state index is 12.7. The summed E-state index contributed by atoms with van der Waals surface area (Å²) in [4.78, 5) is 14.8. The monoisotopic (exact) mass is 369 g/mol. The number of rotatable bonds is 5. The van der Waals surface area contributed by atoms with E-state index in [0.717, 1.165) is 16.6 Å². The van der Waals surface area contributed by atoms with Gasteiger partial charge < -0.3 is 4.90 Å². The van der Waals surface area contributed by atoms with Crippen molar-refractivity contribution in [1.29, 1.82) is 0 Å². The highest BCUT2D eigenvalue weighted by Gasteiger charge is 2.21. The SMILES string of the molecule is Cc1ccc(C(=O)c2c(Cl)cnn2CCN(C)C)c(Br)c1. The number of nitrogens with zero attached hydrogens (tertiary/aromatic N) is 3. The van der Waals surface area contributed by atoms with Gasteiger partial charge in [-0.25, -0.2) is 0 Å². The van der Waals surface area contributed by atoms with E-state index in [-0.39, 0.29) is 5.78 Å². The van der Waals surface area contributed by atoms with Crippen LogP contribution in [-0.2, 0) is 6.54 Å². The summed E-state index contributed by atoms with van der Waals surface area (Å²) in [5.74, 6) is -0.122. The van der Waals surface area contributed by atoms with Gasteiger partial charge in [-0.3, -0.25) is 9.48 Å². The number of aromatic nitrogens is 2. The highest BCUT2D eigenvalue weighted by molar-refractivity contribution is 9.10. The van der Waals surface area contributed by atoms with Gasteiger partial charge in [-0.1, -0.05) is 33.6 Å². The fraction of sp³-hybridized carbons (Fsp3) is 0.333. The van der Waals surface area contributed by atoms with E-state index >= 15 is 0 Å². The van der Waals surface area contributed by atoms with Crippen LogP contribution in [-0.4, -0.2) is 41.1 Å². The quantitative estimate of drug-likeness (QED) is 0.757. The fourth-order valence-electron chi connectivity index (χ4n) is 1.98. The van der Waals surface area contributed by atoms with E-state index in [9.17, 15) is 4.79 Å². The van der Waals surface area contributed by atoms with E-state index < -0.39 is 0 Å². The Hall–Kier alpha value is -1.17. The molecule has 1 aromatic carbocycles. The lowest BCUT2D eigenvalue weighted by Gasteiger charge is -2.12. The van der Waals surface area contributed by atoms with Gasteiger partial charge in [0.05, 0.1) is 17.8 Å². The van der Waals surface area contributed by atoms with E-state index in [1.54, 1.807) is 10.7 Å². The van der Waals surface area contributed by atoms with Crippen LogP contribution in [0.4, 0.5) is 0 Å². The van der Waals surface area contributed by atoms with Crippen molar-refractivity contribution in [2.45, 2.75) is 13.5 Å². The summed E-state index contributed by atoms with van der Waals surface area (Å²) >= 11 is 9.60. The summed E-state index contributed by atoms with van der Waals surface area (Å²) < 4.78 is 2.43. The molecule has 0 saturated heterocycles. The minimum Gasteiger partial charge on any atom is -0.308 e. The number of ketones is 1. The topological polar surface area (TPSA) is 38.1 Å². The van der Waals surface area contributed by atoms with Crippen LogP contribution >= 0.6 is 27.5 Å². The molecule has 6 heteroatoms. The molecule has 0 unspecified atom stereocenters. The average molecular weight is 371 g/mol. The van der Waals surface area contributed by atoms with E-state index in [1.165, 1.54) is 6.20 Å². The van der Waals surface area contributed by atoms with Crippen molar-refractivity contribution in [1.82, 2.24) is 14.7 Å². The minimum atomic E-state index is -0.122. The van der Waals surface area contributed by atoms with Crippen molar-refractivity contribution in [2.75, 3.05) is 20.6 Å². The molecule has 2 rings (SSSR count).